The molecule has 0 radical (unpaired) electrons. The Morgan fingerprint density at radius 1 is 1.39 bits per heavy atom. The monoisotopic (exact) mass is 268 g/mol. The van der Waals surface area contributed by atoms with E-state index in [1.54, 1.807) is 23.9 Å². The lowest BCUT2D eigenvalue weighted by Gasteiger charge is -2.07. The maximum Gasteiger partial charge on any atom is 0.128 e. The van der Waals surface area contributed by atoms with E-state index in [1.807, 2.05) is 6.92 Å². The molecule has 2 N–H and O–H groups in total. The van der Waals surface area contributed by atoms with E-state index in [-0.39, 0.29) is 24.9 Å². The predicted molar refractivity (Wildman–Crippen MR) is 72.8 cm³/mol. The van der Waals surface area contributed by atoms with Gasteiger partial charge in [-0.25, -0.2) is 4.39 Å². The zero-order chi connectivity index (χ0) is 13.4. The van der Waals surface area contributed by atoms with Crippen LogP contribution in [0.2, 0.25) is 0 Å². The Morgan fingerprint density at radius 3 is 2.78 bits per heavy atom. The van der Waals surface area contributed by atoms with Gasteiger partial charge in [-0.05, 0) is 29.4 Å². The Morgan fingerprint density at radius 2 is 2.17 bits per heavy atom. The van der Waals surface area contributed by atoms with Crippen LogP contribution in [0.1, 0.15) is 18.1 Å². The van der Waals surface area contributed by atoms with Gasteiger partial charge >= 0.3 is 0 Å². The van der Waals surface area contributed by atoms with Gasteiger partial charge in [-0.3, -0.25) is 0 Å². The van der Waals surface area contributed by atoms with Gasteiger partial charge in [0.05, 0.1) is 0 Å². The molecule has 0 aliphatic heterocycles. The van der Waals surface area contributed by atoms with Gasteiger partial charge in [0.2, 0.25) is 0 Å². The number of rotatable bonds is 5. The molecule has 2 nitrogen and oxygen atoms in total. The highest BCUT2D eigenvalue weighted by atomic mass is 32.2. The van der Waals surface area contributed by atoms with Crippen molar-refractivity contribution in [2.75, 3.05) is 19.0 Å². The van der Waals surface area contributed by atoms with Gasteiger partial charge in [-0.2, -0.15) is 11.8 Å². The Kier molecular flexibility index (Phi) is 6.81. The highest BCUT2D eigenvalue weighted by Gasteiger charge is 2.05. The Balaban J connectivity index is 2.57. The second-order valence-corrected chi connectivity index (χ2v) is 5.10. The quantitative estimate of drug-likeness (QED) is 0.803. The molecule has 0 spiro atoms. The molecule has 0 aliphatic rings. The topological polar surface area (TPSA) is 40.5 Å². The van der Waals surface area contributed by atoms with Crippen LogP contribution >= 0.6 is 11.8 Å². The van der Waals surface area contributed by atoms with E-state index < -0.39 is 0 Å². The van der Waals surface area contributed by atoms with Crippen molar-refractivity contribution in [3.63, 3.8) is 0 Å². The number of benzene rings is 1. The fourth-order valence-electron chi connectivity index (χ4n) is 1.31. The van der Waals surface area contributed by atoms with Crippen molar-refractivity contribution in [1.82, 2.24) is 0 Å². The molecule has 4 heteroatoms. The lowest BCUT2D eigenvalue weighted by Crippen LogP contribution is -2.03. The van der Waals surface area contributed by atoms with Gasteiger partial charge in [0, 0.05) is 17.9 Å². The molecule has 18 heavy (non-hydrogen) atoms. The lowest BCUT2D eigenvalue weighted by atomic mass is 10.1. The fraction of sp³-hybridized carbons (Fsp3) is 0.429. The number of thioether (sulfide) groups is 1. The van der Waals surface area contributed by atoms with Crippen LogP contribution in [0.3, 0.4) is 0 Å². The smallest absolute Gasteiger partial charge is 0.128 e. The minimum absolute atomic E-state index is 0.158. The summed E-state index contributed by atoms with van der Waals surface area (Å²) in [6.45, 7) is 1.89. The van der Waals surface area contributed by atoms with E-state index in [2.05, 4.69) is 11.8 Å². The van der Waals surface area contributed by atoms with Gasteiger partial charge in [-0.1, -0.05) is 24.8 Å². The first-order valence-corrected chi connectivity index (χ1v) is 6.89. The minimum Gasteiger partial charge on any atom is -0.396 e. The Hall–Kier alpha value is -1.02. The summed E-state index contributed by atoms with van der Waals surface area (Å²) in [4.78, 5) is 0. The molecule has 98 valence electrons. The summed E-state index contributed by atoms with van der Waals surface area (Å²) in [5, 5.41) is 17.4. The summed E-state index contributed by atoms with van der Waals surface area (Å²) in [6, 6.07) is 4.85. The average molecular weight is 268 g/mol. The van der Waals surface area contributed by atoms with E-state index in [4.69, 9.17) is 10.2 Å². The maximum atomic E-state index is 13.7. The van der Waals surface area contributed by atoms with Gasteiger partial charge in [0.25, 0.3) is 0 Å². The molecule has 1 rings (SSSR count). The van der Waals surface area contributed by atoms with Gasteiger partial charge < -0.3 is 10.2 Å². The molecule has 0 saturated carbocycles. The molecular weight excluding hydrogens is 251 g/mol. The van der Waals surface area contributed by atoms with Crippen LogP contribution in [-0.2, 0) is 5.75 Å². The minimum atomic E-state index is -0.274. The normalized spacial score (nSPS) is 11.8. The third-order valence-corrected chi connectivity index (χ3v) is 3.66. The van der Waals surface area contributed by atoms with E-state index in [1.165, 1.54) is 6.07 Å². The third kappa shape index (κ3) is 5.09. The molecule has 0 bridgehead atoms. The van der Waals surface area contributed by atoms with Crippen LogP contribution in [0.4, 0.5) is 4.39 Å². The second kappa shape index (κ2) is 8.15. The van der Waals surface area contributed by atoms with E-state index in [0.717, 1.165) is 5.75 Å². The van der Waals surface area contributed by atoms with E-state index >= 15 is 0 Å². The zero-order valence-corrected chi connectivity index (χ0v) is 11.1. The summed E-state index contributed by atoms with van der Waals surface area (Å²) in [7, 11) is 0. The molecule has 1 aromatic rings. The van der Waals surface area contributed by atoms with E-state index in [0.29, 0.717) is 16.9 Å². The van der Waals surface area contributed by atoms with Crippen molar-refractivity contribution in [2.45, 2.75) is 12.7 Å². The van der Waals surface area contributed by atoms with Crippen molar-refractivity contribution in [2.24, 2.45) is 5.92 Å². The SMILES string of the molecule is CC(CO)CSCc1ccc(C#CCO)cc1F. The third-order valence-electron chi connectivity index (χ3n) is 2.34. The number of halogens is 1. The van der Waals surface area contributed by atoms with Gasteiger partial charge in [-0.15, -0.1) is 0 Å². The predicted octanol–water partition coefficient (Wildman–Crippen LogP) is 2.03. The number of aliphatic hydroxyl groups is 2. The first-order chi connectivity index (χ1) is 8.67. The first-order valence-electron chi connectivity index (χ1n) is 5.74. The molecule has 0 amide bonds. The molecule has 0 heterocycles. The van der Waals surface area contributed by atoms with Crippen molar-refractivity contribution in [3.05, 3.63) is 35.1 Å². The standard InChI is InChI=1S/C14H17FO2S/c1-11(8-17)9-18-10-13-5-4-12(3-2-6-16)7-14(13)15/h4-5,7,11,16-17H,6,8-10H2,1H3. The summed E-state index contributed by atoms with van der Waals surface area (Å²) >= 11 is 1.60. The van der Waals surface area contributed by atoms with Gasteiger partial charge in [0.1, 0.15) is 12.4 Å². The Labute approximate surface area is 111 Å². The first kappa shape index (κ1) is 15.0. The van der Waals surface area contributed by atoms with Gasteiger partial charge in [0.15, 0.2) is 0 Å². The largest absolute Gasteiger partial charge is 0.396 e. The molecule has 0 aliphatic carbocycles. The summed E-state index contributed by atoms with van der Waals surface area (Å²) in [5.41, 5.74) is 1.21. The van der Waals surface area contributed by atoms with Crippen LogP contribution in [-0.4, -0.2) is 29.2 Å². The molecule has 0 fully saturated rings. The van der Waals surface area contributed by atoms with Crippen molar-refractivity contribution in [1.29, 1.82) is 0 Å². The van der Waals surface area contributed by atoms with Crippen LogP contribution in [0.15, 0.2) is 18.2 Å². The van der Waals surface area contributed by atoms with Crippen molar-refractivity contribution >= 4 is 11.8 Å². The molecular formula is C14H17FO2S. The number of hydrogen-bond acceptors (Lipinski definition) is 3. The summed E-state index contributed by atoms with van der Waals surface area (Å²) in [5.74, 6) is 6.50. The number of hydrogen-bond donors (Lipinski definition) is 2. The van der Waals surface area contributed by atoms with Crippen LogP contribution in [0, 0.1) is 23.6 Å². The molecule has 0 saturated heterocycles. The second-order valence-electron chi connectivity index (χ2n) is 4.07. The average Bonchev–Trinajstić information content (AvgIpc) is 2.38. The van der Waals surface area contributed by atoms with Crippen LogP contribution in [0.5, 0.6) is 0 Å². The Bertz CT molecular complexity index is 437. The molecule has 1 atom stereocenters. The van der Waals surface area contributed by atoms with Crippen LogP contribution < -0.4 is 0 Å². The van der Waals surface area contributed by atoms with Crippen molar-refractivity contribution < 1.29 is 14.6 Å². The van der Waals surface area contributed by atoms with Crippen molar-refractivity contribution in [3.8, 4) is 11.8 Å². The lowest BCUT2D eigenvalue weighted by molar-refractivity contribution is 0.250. The molecule has 1 aromatic carbocycles. The van der Waals surface area contributed by atoms with Crippen LogP contribution in [0.25, 0.3) is 0 Å². The maximum absolute atomic E-state index is 13.7. The summed E-state index contributed by atoms with van der Waals surface area (Å²) < 4.78 is 13.7. The van der Waals surface area contributed by atoms with E-state index in [9.17, 15) is 4.39 Å². The number of aliphatic hydroxyl groups excluding tert-OH is 2. The fourth-order valence-corrected chi connectivity index (χ4v) is 2.39. The highest BCUT2D eigenvalue weighted by Crippen LogP contribution is 2.18. The molecule has 0 aromatic heterocycles. The summed E-state index contributed by atoms with van der Waals surface area (Å²) in [6.07, 6.45) is 0. The molecule has 1 unspecified atom stereocenters. The highest BCUT2D eigenvalue weighted by molar-refractivity contribution is 7.98. The zero-order valence-electron chi connectivity index (χ0n) is 10.3.